The number of aromatic amines is 1. The molecule has 50 heavy (non-hydrogen) atoms. The smallest absolute Gasteiger partial charge is 0.243 e. The molecule has 6 amide bonds. The van der Waals surface area contributed by atoms with Crippen molar-refractivity contribution in [1.82, 2.24) is 31.6 Å². The molecule has 0 unspecified atom stereocenters. The summed E-state index contributed by atoms with van der Waals surface area (Å²) in [6.07, 6.45) is 3.93. The van der Waals surface area contributed by atoms with Gasteiger partial charge in [-0.3, -0.25) is 28.8 Å². The Balaban J connectivity index is 1.78. The molecular weight excluding hydrogens is 659 g/mol. The third-order valence-corrected chi connectivity index (χ3v) is 9.19. The van der Waals surface area contributed by atoms with Gasteiger partial charge in [-0.05, 0) is 54.4 Å². The van der Waals surface area contributed by atoms with E-state index in [9.17, 15) is 28.8 Å². The molecular formula is C36H47N7O6S. The van der Waals surface area contributed by atoms with E-state index in [0.29, 0.717) is 5.75 Å². The molecule has 2 aromatic carbocycles. The molecule has 0 saturated carbocycles. The van der Waals surface area contributed by atoms with Gasteiger partial charge < -0.3 is 37.3 Å². The van der Waals surface area contributed by atoms with Gasteiger partial charge in [0.2, 0.25) is 35.4 Å². The number of benzene rings is 2. The summed E-state index contributed by atoms with van der Waals surface area (Å²) in [7, 11) is 0. The highest BCUT2D eigenvalue weighted by molar-refractivity contribution is 7.98. The second-order valence-electron chi connectivity index (χ2n) is 13.0. The molecule has 3 aromatic rings. The largest absolute Gasteiger partial charge is 0.370 e. The van der Waals surface area contributed by atoms with Crippen LogP contribution in [0.4, 0.5) is 0 Å². The van der Waals surface area contributed by atoms with Crippen LogP contribution in [0.1, 0.15) is 50.7 Å². The van der Waals surface area contributed by atoms with Gasteiger partial charge >= 0.3 is 0 Å². The van der Waals surface area contributed by atoms with Gasteiger partial charge in [-0.25, -0.2) is 0 Å². The van der Waals surface area contributed by atoms with Crippen molar-refractivity contribution in [2.24, 2.45) is 11.7 Å². The number of nitrogens with one attached hydrogen (secondary N) is 6. The van der Waals surface area contributed by atoms with E-state index in [4.69, 9.17) is 5.73 Å². The molecule has 14 heteroatoms. The van der Waals surface area contributed by atoms with Crippen LogP contribution in [0.25, 0.3) is 10.9 Å². The molecule has 1 saturated heterocycles. The Morgan fingerprint density at radius 1 is 0.700 bits per heavy atom. The summed E-state index contributed by atoms with van der Waals surface area (Å²) in [6, 6.07) is 11.0. The monoisotopic (exact) mass is 705 g/mol. The van der Waals surface area contributed by atoms with Crippen LogP contribution in [0.3, 0.4) is 0 Å². The van der Waals surface area contributed by atoms with Crippen LogP contribution in [0.15, 0.2) is 60.8 Å². The van der Waals surface area contributed by atoms with Crippen molar-refractivity contribution in [2.45, 2.75) is 82.6 Å². The van der Waals surface area contributed by atoms with E-state index in [1.54, 1.807) is 6.20 Å². The van der Waals surface area contributed by atoms with Crippen molar-refractivity contribution in [3.05, 3.63) is 71.9 Å². The third-order valence-electron chi connectivity index (χ3n) is 8.54. The fourth-order valence-electron chi connectivity index (χ4n) is 5.91. The Morgan fingerprint density at radius 2 is 1.22 bits per heavy atom. The summed E-state index contributed by atoms with van der Waals surface area (Å²) in [6.45, 7) is 3.82. The molecule has 0 bridgehead atoms. The maximum absolute atomic E-state index is 14.2. The van der Waals surface area contributed by atoms with Crippen molar-refractivity contribution in [3.63, 3.8) is 0 Å². The Bertz CT molecular complexity index is 1660. The van der Waals surface area contributed by atoms with Gasteiger partial charge in [0.15, 0.2) is 0 Å². The van der Waals surface area contributed by atoms with E-state index in [2.05, 4.69) is 31.6 Å². The maximum atomic E-state index is 14.2. The Labute approximate surface area is 296 Å². The van der Waals surface area contributed by atoms with Gasteiger partial charge in [-0.1, -0.05) is 62.4 Å². The van der Waals surface area contributed by atoms with E-state index < -0.39 is 65.7 Å². The normalized spacial score (nSPS) is 22.5. The third kappa shape index (κ3) is 10.8. The predicted molar refractivity (Wildman–Crippen MR) is 193 cm³/mol. The van der Waals surface area contributed by atoms with E-state index in [0.717, 1.165) is 22.0 Å². The van der Waals surface area contributed by atoms with Crippen molar-refractivity contribution in [1.29, 1.82) is 0 Å². The maximum Gasteiger partial charge on any atom is 0.243 e. The van der Waals surface area contributed by atoms with Crippen LogP contribution in [-0.2, 0) is 41.6 Å². The van der Waals surface area contributed by atoms with Gasteiger partial charge in [0.25, 0.3) is 0 Å². The van der Waals surface area contributed by atoms with E-state index >= 15 is 0 Å². The molecule has 2 heterocycles. The number of primary amides is 1. The molecule has 1 aromatic heterocycles. The molecule has 1 aliphatic rings. The zero-order valence-corrected chi connectivity index (χ0v) is 29.4. The molecule has 1 fully saturated rings. The topological polar surface area (TPSA) is 204 Å². The molecule has 13 nitrogen and oxygen atoms in total. The highest BCUT2D eigenvalue weighted by atomic mass is 32.2. The highest BCUT2D eigenvalue weighted by Crippen LogP contribution is 2.20. The average molecular weight is 706 g/mol. The minimum atomic E-state index is -1.25. The minimum Gasteiger partial charge on any atom is -0.370 e. The summed E-state index contributed by atoms with van der Waals surface area (Å²) >= 11 is 1.48. The second-order valence-corrected chi connectivity index (χ2v) is 14.0. The first-order valence-corrected chi connectivity index (χ1v) is 18.2. The van der Waals surface area contributed by atoms with E-state index in [-0.39, 0.29) is 44.4 Å². The lowest BCUT2D eigenvalue weighted by atomic mass is 9.99. The number of carbonyl (C=O) groups is 6. The van der Waals surface area contributed by atoms with E-state index in [1.807, 2.05) is 74.7 Å². The number of thioether (sulfide) groups is 1. The standard InChI is InChI=1S/C36H47N7O6S/c1-21(2)17-28-34(47)40-27(15-16-50-3)33(46)39-26(13-14-31(37)44)32(45)43-30(19-23-20-38-25-12-8-7-11-24(23)25)36(49)42-29(35(48)41-28)18-22-9-5-4-6-10-22/h4-12,20-21,26-30,38H,13-19H2,1-3H3,(H2,37,44)(H,39,46)(H,40,47)(H,41,48)(H,42,49)(H,43,45)/t26-,27+,28-,29-,30+/m1/s1. The zero-order chi connectivity index (χ0) is 36.2. The zero-order valence-electron chi connectivity index (χ0n) is 28.6. The SMILES string of the molecule is CSCC[C@@H]1NC(=O)[C@@H](CC(C)C)NC(=O)[C@@H](Cc2ccccc2)NC(=O)[C@H](Cc2c[nH]c3ccccc23)NC(=O)[C@@H](CCC(N)=O)NC1=O. The fraction of sp³-hybridized carbons (Fsp3) is 0.444. The molecule has 268 valence electrons. The number of para-hydroxylation sites is 1. The lowest BCUT2D eigenvalue weighted by Crippen LogP contribution is -2.58. The number of carbonyl (C=O) groups excluding carboxylic acids is 6. The molecule has 1 aliphatic heterocycles. The first-order valence-electron chi connectivity index (χ1n) is 16.8. The number of H-pyrrole nitrogens is 1. The van der Waals surface area contributed by atoms with Crippen LogP contribution in [-0.4, -0.2) is 82.6 Å². The van der Waals surface area contributed by atoms with E-state index in [1.165, 1.54) is 11.8 Å². The van der Waals surface area contributed by atoms with Crippen molar-refractivity contribution in [3.8, 4) is 0 Å². The van der Waals surface area contributed by atoms with Crippen LogP contribution in [0, 0.1) is 5.92 Å². The number of amides is 6. The summed E-state index contributed by atoms with van der Waals surface area (Å²) in [5.41, 5.74) is 7.76. The van der Waals surface area contributed by atoms with Crippen molar-refractivity contribution in [2.75, 3.05) is 12.0 Å². The first kappa shape index (κ1) is 38.0. The Morgan fingerprint density at radius 3 is 1.84 bits per heavy atom. The fourth-order valence-corrected chi connectivity index (χ4v) is 6.38. The van der Waals surface area contributed by atoms with Gasteiger partial charge in [0.1, 0.15) is 30.2 Å². The molecule has 5 atom stereocenters. The molecule has 8 N–H and O–H groups in total. The quantitative estimate of drug-likeness (QED) is 0.148. The second kappa shape index (κ2) is 18.2. The van der Waals surface area contributed by atoms with Crippen LogP contribution >= 0.6 is 11.8 Å². The number of nitrogens with two attached hydrogens (primary N) is 1. The van der Waals surface area contributed by atoms with Crippen molar-refractivity contribution >= 4 is 58.1 Å². The lowest BCUT2D eigenvalue weighted by Gasteiger charge is -2.27. The number of fused-ring (bicyclic) bond motifs is 1. The average Bonchev–Trinajstić information content (AvgIpc) is 3.49. The van der Waals surface area contributed by atoms with Gasteiger partial charge in [-0.2, -0.15) is 11.8 Å². The number of hydrogen-bond donors (Lipinski definition) is 7. The highest BCUT2D eigenvalue weighted by Gasteiger charge is 2.35. The molecule has 0 radical (unpaired) electrons. The van der Waals surface area contributed by atoms with Crippen LogP contribution < -0.4 is 32.3 Å². The minimum absolute atomic E-state index is 0.00525. The van der Waals surface area contributed by atoms with Crippen molar-refractivity contribution < 1.29 is 28.8 Å². The summed E-state index contributed by atoms with van der Waals surface area (Å²) in [5.74, 6) is -3.31. The number of rotatable bonds is 12. The first-order chi connectivity index (χ1) is 23.9. The van der Waals surface area contributed by atoms with Gasteiger partial charge in [-0.15, -0.1) is 0 Å². The van der Waals surface area contributed by atoms with Crippen LogP contribution in [0.5, 0.6) is 0 Å². The van der Waals surface area contributed by atoms with Gasteiger partial charge in [0, 0.05) is 36.4 Å². The summed E-state index contributed by atoms with van der Waals surface area (Å²) in [5, 5.41) is 14.8. The number of hydrogen-bond acceptors (Lipinski definition) is 7. The predicted octanol–water partition coefficient (Wildman–Crippen LogP) is 1.46. The number of aromatic nitrogens is 1. The Kier molecular flexibility index (Phi) is 13.8. The van der Waals surface area contributed by atoms with Gasteiger partial charge in [0.05, 0.1) is 0 Å². The summed E-state index contributed by atoms with van der Waals surface area (Å²) in [4.78, 5) is 84.5. The summed E-state index contributed by atoms with van der Waals surface area (Å²) < 4.78 is 0. The van der Waals surface area contributed by atoms with Crippen LogP contribution in [0.2, 0.25) is 0 Å². The Hall–Kier alpha value is -4.85. The lowest BCUT2D eigenvalue weighted by molar-refractivity contribution is -0.134. The molecule has 4 rings (SSSR count). The molecule has 0 aliphatic carbocycles. The molecule has 0 spiro atoms.